The van der Waals surface area contributed by atoms with Crippen LogP contribution < -0.4 is 10.6 Å². The number of anilines is 3. The van der Waals surface area contributed by atoms with Crippen LogP contribution in [0.15, 0.2) is 94.2 Å². The molecule has 0 atom stereocenters. The predicted molar refractivity (Wildman–Crippen MR) is 136 cm³/mol. The van der Waals surface area contributed by atoms with Crippen LogP contribution in [0.3, 0.4) is 0 Å². The number of nitro benzene ring substituents is 1. The molecule has 11 nitrogen and oxygen atoms in total. The maximum Gasteiger partial charge on any atom is 0.340 e. The molecule has 0 aliphatic heterocycles. The lowest BCUT2D eigenvalue weighted by Crippen LogP contribution is -2.21. The van der Waals surface area contributed by atoms with Crippen molar-refractivity contribution in [3.05, 3.63) is 101 Å². The summed E-state index contributed by atoms with van der Waals surface area (Å²) >= 11 is 0.692. The van der Waals surface area contributed by atoms with Gasteiger partial charge in [0.05, 0.1) is 27.3 Å². The number of carbonyl (C=O) groups is 2. The Balaban J connectivity index is 1.37. The summed E-state index contributed by atoms with van der Waals surface area (Å²) in [5.74, 6) is -1.44. The van der Waals surface area contributed by atoms with Crippen molar-refractivity contribution in [2.24, 2.45) is 0 Å². The third-order valence-corrected chi connectivity index (χ3v) is 8.03. The van der Waals surface area contributed by atoms with Crippen molar-refractivity contribution < 1.29 is 27.7 Å². The number of nitro groups is 1. The van der Waals surface area contributed by atoms with E-state index in [1.807, 2.05) is 30.3 Å². The maximum atomic E-state index is 12.8. The maximum absolute atomic E-state index is 12.8. The minimum atomic E-state index is -4.00. The van der Waals surface area contributed by atoms with Crippen LogP contribution in [0.2, 0.25) is 0 Å². The van der Waals surface area contributed by atoms with E-state index in [1.165, 1.54) is 0 Å². The summed E-state index contributed by atoms with van der Waals surface area (Å²) in [5, 5.41) is 16.3. The number of amides is 1. The van der Waals surface area contributed by atoms with Crippen LogP contribution in [0.1, 0.15) is 10.4 Å². The Morgan fingerprint density at radius 3 is 2.35 bits per heavy atom. The number of thiazole rings is 1. The van der Waals surface area contributed by atoms with E-state index in [1.54, 1.807) is 24.3 Å². The fourth-order valence-electron chi connectivity index (χ4n) is 3.12. The summed E-state index contributed by atoms with van der Waals surface area (Å²) < 4.78 is 30.5. The second-order valence-electron chi connectivity index (χ2n) is 7.40. The van der Waals surface area contributed by atoms with Crippen LogP contribution in [-0.2, 0) is 19.4 Å². The molecule has 0 fully saturated rings. The Morgan fingerprint density at radius 1 is 0.973 bits per heavy atom. The summed E-state index contributed by atoms with van der Waals surface area (Å²) in [4.78, 5) is 38.8. The van der Waals surface area contributed by atoms with E-state index in [9.17, 15) is 28.1 Å². The quantitative estimate of drug-likeness (QED) is 0.179. The summed E-state index contributed by atoms with van der Waals surface area (Å²) in [6.07, 6.45) is 1.06. The Morgan fingerprint density at radius 2 is 1.65 bits per heavy atom. The minimum absolute atomic E-state index is 0.0207. The van der Waals surface area contributed by atoms with E-state index in [2.05, 4.69) is 15.6 Å². The van der Waals surface area contributed by atoms with Gasteiger partial charge in [-0.2, -0.15) is 0 Å². The summed E-state index contributed by atoms with van der Waals surface area (Å²) in [6, 6.07) is 20.3. The number of aromatic nitrogens is 1. The van der Waals surface area contributed by atoms with Crippen molar-refractivity contribution in [2.75, 3.05) is 17.2 Å². The van der Waals surface area contributed by atoms with Gasteiger partial charge in [0.15, 0.2) is 11.7 Å². The van der Waals surface area contributed by atoms with E-state index in [0.29, 0.717) is 17.0 Å². The van der Waals surface area contributed by atoms with Gasteiger partial charge in [-0.05, 0) is 36.4 Å². The first-order chi connectivity index (χ1) is 17.7. The molecule has 1 amide bonds. The zero-order chi connectivity index (χ0) is 26.4. The second kappa shape index (κ2) is 11.0. The molecule has 0 aliphatic carbocycles. The zero-order valence-corrected chi connectivity index (χ0v) is 20.5. The average Bonchev–Trinajstić information content (AvgIpc) is 3.37. The van der Waals surface area contributed by atoms with Crippen LogP contribution in [0.5, 0.6) is 0 Å². The Kier molecular flexibility index (Phi) is 7.55. The van der Waals surface area contributed by atoms with Gasteiger partial charge in [-0.3, -0.25) is 20.2 Å². The van der Waals surface area contributed by atoms with Gasteiger partial charge in [0.25, 0.3) is 11.6 Å². The number of ether oxygens (including phenoxy) is 1. The largest absolute Gasteiger partial charge is 0.452 e. The number of para-hydroxylation sites is 2. The number of esters is 1. The average molecular weight is 539 g/mol. The van der Waals surface area contributed by atoms with Crippen LogP contribution in [-0.4, -0.2) is 36.8 Å². The number of rotatable bonds is 9. The first-order valence-corrected chi connectivity index (χ1v) is 12.9. The third-order valence-electron chi connectivity index (χ3n) is 4.89. The Hall–Kier alpha value is -4.62. The predicted octanol–water partition coefficient (Wildman–Crippen LogP) is 4.42. The lowest BCUT2D eigenvalue weighted by Gasteiger charge is -2.11. The highest BCUT2D eigenvalue weighted by Crippen LogP contribution is 2.29. The molecule has 0 saturated carbocycles. The second-order valence-corrected chi connectivity index (χ2v) is 10.6. The van der Waals surface area contributed by atoms with E-state index >= 15 is 0 Å². The molecule has 0 saturated heterocycles. The molecule has 37 heavy (non-hydrogen) atoms. The number of nitrogens with zero attached hydrogens (tertiary/aromatic N) is 2. The number of non-ortho nitro benzene ring substituents is 1. The van der Waals surface area contributed by atoms with Crippen molar-refractivity contribution in [3.8, 4) is 0 Å². The molecule has 188 valence electrons. The fourth-order valence-corrected chi connectivity index (χ4v) is 5.56. The highest BCUT2D eigenvalue weighted by molar-refractivity contribution is 7.93. The lowest BCUT2D eigenvalue weighted by atomic mass is 10.1. The van der Waals surface area contributed by atoms with Crippen LogP contribution >= 0.6 is 11.3 Å². The van der Waals surface area contributed by atoms with Crippen LogP contribution in [0, 0.1) is 10.1 Å². The highest BCUT2D eigenvalue weighted by atomic mass is 32.2. The van der Waals surface area contributed by atoms with Gasteiger partial charge in [0, 0.05) is 17.8 Å². The molecule has 1 heterocycles. The molecule has 4 aromatic rings. The number of benzene rings is 3. The first kappa shape index (κ1) is 25.5. The third kappa shape index (κ3) is 6.15. The molecule has 2 N–H and O–H groups in total. The molecule has 0 radical (unpaired) electrons. The van der Waals surface area contributed by atoms with E-state index in [-0.39, 0.29) is 25.5 Å². The molecule has 3 aromatic carbocycles. The van der Waals surface area contributed by atoms with Gasteiger partial charge in [-0.1, -0.05) is 41.7 Å². The van der Waals surface area contributed by atoms with Gasteiger partial charge in [0.2, 0.25) is 9.84 Å². The van der Waals surface area contributed by atoms with Crippen LogP contribution in [0.4, 0.5) is 22.2 Å². The zero-order valence-electron chi connectivity index (χ0n) is 18.9. The standard InChI is InChI=1S/C24H18N4O7S2/c29-21(15-35-23(30)19-8-4-5-9-20(19)26-16-6-2-1-3-7-16)27-24-25-14-22(36-24)37(33,34)18-12-10-17(11-13-18)28(31)32/h1-14,26H,15H2,(H,25,27,29). The SMILES string of the molecule is O=C(COC(=O)c1ccccc1Nc1ccccc1)Nc1ncc(S(=O)(=O)c2ccc([N+](=O)[O-])cc2)s1. The molecular weight excluding hydrogens is 520 g/mol. The van der Waals surface area contributed by atoms with Gasteiger partial charge in [-0.25, -0.2) is 18.2 Å². The minimum Gasteiger partial charge on any atom is -0.452 e. The summed E-state index contributed by atoms with van der Waals surface area (Å²) in [6.45, 7) is -0.622. The van der Waals surface area contributed by atoms with Crippen molar-refractivity contribution in [1.29, 1.82) is 0 Å². The van der Waals surface area contributed by atoms with E-state index in [0.717, 1.165) is 36.1 Å². The molecule has 4 rings (SSSR count). The monoisotopic (exact) mass is 538 g/mol. The molecule has 13 heteroatoms. The molecule has 0 spiro atoms. The summed E-state index contributed by atoms with van der Waals surface area (Å²) in [5.41, 5.74) is 1.25. The van der Waals surface area contributed by atoms with Crippen LogP contribution in [0.25, 0.3) is 0 Å². The molecular formula is C24H18N4O7S2. The van der Waals surface area contributed by atoms with Crippen molar-refractivity contribution >= 4 is 55.2 Å². The van der Waals surface area contributed by atoms with E-state index in [4.69, 9.17) is 4.74 Å². The normalized spacial score (nSPS) is 10.9. The van der Waals surface area contributed by atoms with Gasteiger partial charge < -0.3 is 10.1 Å². The molecule has 0 bridgehead atoms. The number of hydrogen-bond donors (Lipinski definition) is 2. The summed E-state index contributed by atoms with van der Waals surface area (Å²) in [7, 11) is -4.00. The number of carbonyl (C=O) groups excluding carboxylic acids is 2. The van der Waals surface area contributed by atoms with Gasteiger partial charge in [0.1, 0.15) is 4.21 Å². The Labute approximate surface area is 214 Å². The lowest BCUT2D eigenvalue weighted by molar-refractivity contribution is -0.384. The van der Waals surface area contributed by atoms with Crippen molar-refractivity contribution in [3.63, 3.8) is 0 Å². The van der Waals surface area contributed by atoms with Gasteiger partial charge >= 0.3 is 5.97 Å². The first-order valence-electron chi connectivity index (χ1n) is 10.6. The van der Waals surface area contributed by atoms with Gasteiger partial charge in [-0.15, -0.1) is 0 Å². The molecule has 1 aromatic heterocycles. The molecule has 0 unspecified atom stereocenters. The smallest absolute Gasteiger partial charge is 0.340 e. The Bertz CT molecular complexity index is 1550. The number of hydrogen-bond acceptors (Lipinski definition) is 10. The molecule has 0 aliphatic rings. The fraction of sp³-hybridized carbons (Fsp3) is 0.0417. The number of sulfone groups is 1. The van der Waals surface area contributed by atoms with Crippen molar-refractivity contribution in [1.82, 2.24) is 4.98 Å². The van der Waals surface area contributed by atoms with Crippen molar-refractivity contribution in [2.45, 2.75) is 9.10 Å². The highest BCUT2D eigenvalue weighted by Gasteiger charge is 2.23. The number of nitrogens with one attached hydrogen (secondary N) is 2. The van der Waals surface area contributed by atoms with E-state index < -0.39 is 33.2 Å². The topological polar surface area (TPSA) is 158 Å².